The molecule has 1 N–H and O–H groups in total. The normalized spacial score (nSPS) is 11.1. The van der Waals surface area contributed by atoms with E-state index in [0.29, 0.717) is 5.69 Å². The van der Waals surface area contributed by atoms with Crippen LogP contribution in [-0.2, 0) is 10.0 Å². The van der Waals surface area contributed by atoms with Gasteiger partial charge in [0, 0.05) is 0 Å². The van der Waals surface area contributed by atoms with Gasteiger partial charge in [-0.15, -0.1) is 0 Å². The van der Waals surface area contributed by atoms with Crippen LogP contribution in [0.3, 0.4) is 0 Å². The third-order valence-electron chi connectivity index (χ3n) is 2.22. The summed E-state index contributed by atoms with van der Waals surface area (Å²) in [7, 11) is -3.47. The van der Waals surface area contributed by atoms with Crippen molar-refractivity contribution in [1.29, 1.82) is 0 Å². The third kappa shape index (κ3) is 3.11. The number of hydrogen-bond acceptors (Lipinski definition) is 2. The Morgan fingerprint density at radius 3 is 2.06 bits per heavy atom. The van der Waals surface area contributed by atoms with Gasteiger partial charge in [0.1, 0.15) is 0 Å². The zero-order valence-electron chi connectivity index (χ0n) is 9.00. The van der Waals surface area contributed by atoms with Gasteiger partial charge in [0.2, 0.25) is 0 Å². The Kier molecular flexibility index (Phi) is 3.55. The van der Waals surface area contributed by atoms with Crippen LogP contribution in [0, 0.1) is 0 Å². The van der Waals surface area contributed by atoms with Crippen LogP contribution in [0.1, 0.15) is 0 Å². The number of para-hydroxylation sites is 1. The van der Waals surface area contributed by atoms with Crippen molar-refractivity contribution in [3.63, 3.8) is 0 Å². The Morgan fingerprint density at radius 1 is 0.882 bits per heavy atom. The molecule has 88 valence electrons. The number of rotatable bonds is 3. The summed E-state index contributed by atoms with van der Waals surface area (Å²) >= 11 is 1.47. The van der Waals surface area contributed by atoms with Crippen molar-refractivity contribution in [2.24, 2.45) is 0 Å². The SMILES string of the molecule is O=S(=O)(Nc1ccccc1)c1ccc([AsH2])cc1. The fourth-order valence-electron chi connectivity index (χ4n) is 1.37. The zero-order chi connectivity index (χ0) is 12.3. The molecule has 0 aromatic heterocycles. The van der Waals surface area contributed by atoms with E-state index in [-0.39, 0.29) is 4.90 Å². The molecule has 1 unspecified atom stereocenters. The molecule has 3 nitrogen and oxygen atoms in total. The monoisotopic (exact) mass is 309 g/mol. The third-order valence-corrected chi connectivity index (χ3v) is 4.42. The first-order chi connectivity index (χ1) is 8.08. The Hall–Kier alpha value is -1.25. The predicted molar refractivity (Wildman–Crippen MR) is 71.9 cm³/mol. The van der Waals surface area contributed by atoms with Gasteiger partial charge >= 0.3 is 110 Å². The first kappa shape index (κ1) is 12.2. The molecule has 5 heteroatoms. The second kappa shape index (κ2) is 4.94. The molecule has 2 rings (SSSR count). The van der Waals surface area contributed by atoms with Crippen molar-refractivity contribution in [2.45, 2.75) is 4.90 Å². The van der Waals surface area contributed by atoms with E-state index in [1.807, 2.05) is 6.07 Å². The van der Waals surface area contributed by atoms with E-state index >= 15 is 0 Å². The van der Waals surface area contributed by atoms with Crippen LogP contribution in [0.25, 0.3) is 0 Å². The van der Waals surface area contributed by atoms with Crippen molar-refractivity contribution >= 4 is 36.9 Å². The summed E-state index contributed by atoms with van der Waals surface area (Å²) in [5, 5.41) is 0. The molecule has 0 amide bonds. The van der Waals surface area contributed by atoms with Gasteiger partial charge in [-0.25, -0.2) is 0 Å². The predicted octanol–water partition coefficient (Wildman–Crippen LogP) is 0.746. The maximum atomic E-state index is 12.0. The first-order valence-electron chi connectivity index (χ1n) is 5.01. The van der Waals surface area contributed by atoms with Gasteiger partial charge < -0.3 is 0 Å². The van der Waals surface area contributed by atoms with Gasteiger partial charge in [-0.05, 0) is 0 Å². The molecular weight excluding hydrogens is 297 g/mol. The van der Waals surface area contributed by atoms with Crippen LogP contribution >= 0.6 is 0 Å². The topological polar surface area (TPSA) is 46.2 Å². The summed E-state index contributed by atoms with van der Waals surface area (Å²) < 4.78 is 27.6. The molecule has 0 bridgehead atoms. The second-order valence-electron chi connectivity index (χ2n) is 3.54. The van der Waals surface area contributed by atoms with Crippen LogP contribution in [0.4, 0.5) is 5.69 Å². The first-order valence-corrected chi connectivity index (χ1v) is 7.71. The summed E-state index contributed by atoms with van der Waals surface area (Å²) in [6.07, 6.45) is 0. The van der Waals surface area contributed by atoms with Gasteiger partial charge in [-0.2, -0.15) is 0 Å². The number of hydrogen-bond donors (Lipinski definition) is 1. The zero-order valence-corrected chi connectivity index (χ0v) is 12.2. The molecule has 0 spiro atoms. The van der Waals surface area contributed by atoms with Crippen LogP contribution < -0.4 is 9.07 Å². The van der Waals surface area contributed by atoms with Gasteiger partial charge in [0.15, 0.2) is 0 Å². The van der Waals surface area contributed by atoms with Crippen molar-refractivity contribution in [3.8, 4) is 0 Å². The van der Waals surface area contributed by atoms with Gasteiger partial charge in [0.05, 0.1) is 0 Å². The van der Waals surface area contributed by atoms with E-state index in [1.165, 1.54) is 16.9 Å². The van der Waals surface area contributed by atoms with Gasteiger partial charge in [-0.3, -0.25) is 0 Å². The number of benzene rings is 2. The molecule has 2 aromatic carbocycles. The summed E-state index contributed by atoms with van der Waals surface area (Å²) in [5.41, 5.74) is 0.567. The van der Waals surface area contributed by atoms with E-state index in [1.54, 1.807) is 48.5 Å². The van der Waals surface area contributed by atoms with E-state index in [2.05, 4.69) is 4.72 Å². The summed E-state index contributed by atoms with van der Waals surface area (Å²) in [4.78, 5) is 0.280. The van der Waals surface area contributed by atoms with Crippen LogP contribution in [0.2, 0.25) is 0 Å². The Labute approximate surface area is 109 Å². The molecule has 0 radical (unpaired) electrons. The minimum absolute atomic E-state index is 0.280. The Morgan fingerprint density at radius 2 is 1.47 bits per heavy atom. The van der Waals surface area contributed by atoms with Crippen LogP contribution in [-0.4, -0.2) is 25.3 Å². The summed E-state index contributed by atoms with van der Waals surface area (Å²) in [5.74, 6) is 0. The van der Waals surface area contributed by atoms with E-state index in [9.17, 15) is 8.42 Å². The van der Waals surface area contributed by atoms with Crippen LogP contribution in [0.5, 0.6) is 0 Å². The van der Waals surface area contributed by atoms with Crippen molar-refractivity contribution in [2.75, 3.05) is 4.72 Å². The molecule has 2 aromatic rings. The molecule has 0 saturated heterocycles. The van der Waals surface area contributed by atoms with Gasteiger partial charge in [-0.1, -0.05) is 0 Å². The Bertz CT molecular complexity index is 594. The molecule has 0 heterocycles. The fraction of sp³-hybridized carbons (Fsp3) is 0. The average molecular weight is 309 g/mol. The van der Waals surface area contributed by atoms with Crippen molar-refractivity contribution in [3.05, 3.63) is 54.6 Å². The molecule has 0 aliphatic rings. The van der Waals surface area contributed by atoms with E-state index < -0.39 is 10.0 Å². The molecule has 0 fully saturated rings. The van der Waals surface area contributed by atoms with Crippen LogP contribution in [0.15, 0.2) is 59.5 Å². The Balaban J connectivity index is 2.29. The van der Waals surface area contributed by atoms with E-state index in [4.69, 9.17) is 0 Å². The fourth-order valence-corrected chi connectivity index (χ4v) is 2.83. The molecule has 0 saturated carbocycles. The molecule has 1 atom stereocenters. The average Bonchev–Trinajstić information content (AvgIpc) is 2.30. The standard InChI is InChI=1S/C12H12AsNO2S/c13-10-6-8-12(9-7-10)17(15,16)14-11-4-2-1-3-5-11/h1-9,14H,13H2. The van der Waals surface area contributed by atoms with E-state index in [0.717, 1.165) is 4.35 Å². The molecule has 17 heavy (non-hydrogen) atoms. The quantitative estimate of drug-likeness (QED) is 0.851. The van der Waals surface area contributed by atoms with Crippen molar-refractivity contribution < 1.29 is 8.42 Å². The summed E-state index contributed by atoms with van der Waals surface area (Å²) in [6.45, 7) is 0. The second-order valence-corrected chi connectivity index (χ2v) is 6.62. The summed E-state index contributed by atoms with van der Waals surface area (Å²) in [6, 6.07) is 15.7. The van der Waals surface area contributed by atoms with Gasteiger partial charge in [0.25, 0.3) is 0 Å². The number of sulfonamides is 1. The molecule has 0 aliphatic heterocycles. The molecule has 0 aliphatic carbocycles. The number of anilines is 1. The molecular formula is C12H12AsNO2S. The number of nitrogens with one attached hydrogen (secondary N) is 1. The minimum atomic E-state index is -3.47. The maximum absolute atomic E-state index is 12.0. The van der Waals surface area contributed by atoms with Crippen molar-refractivity contribution in [1.82, 2.24) is 0 Å².